The Hall–Kier alpha value is -3.93. The maximum absolute atomic E-state index is 13.1. The highest BCUT2D eigenvalue weighted by Crippen LogP contribution is 2.29. The highest BCUT2D eigenvalue weighted by atomic mass is 16.5. The molecular formula is C26H23N3O3. The Labute approximate surface area is 185 Å². The molecule has 32 heavy (non-hydrogen) atoms. The molecule has 2 N–H and O–H groups in total. The van der Waals surface area contributed by atoms with Crippen molar-refractivity contribution >= 4 is 22.7 Å². The van der Waals surface area contributed by atoms with Gasteiger partial charge in [-0.3, -0.25) is 9.59 Å². The number of benzene rings is 3. The first kappa shape index (κ1) is 20.0. The topological polar surface area (TPSA) is 84.2 Å². The molecule has 0 saturated heterocycles. The monoisotopic (exact) mass is 425 g/mol. The third kappa shape index (κ3) is 4.39. The summed E-state index contributed by atoms with van der Waals surface area (Å²) in [5.74, 6) is 0.155. The van der Waals surface area contributed by atoms with E-state index in [2.05, 4.69) is 15.8 Å². The van der Waals surface area contributed by atoms with Crippen LogP contribution in [-0.4, -0.2) is 29.1 Å². The molecule has 3 aromatic carbocycles. The first-order chi connectivity index (χ1) is 15.7. The minimum absolute atomic E-state index is 0.152. The zero-order valence-corrected chi connectivity index (χ0v) is 17.5. The van der Waals surface area contributed by atoms with Gasteiger partial charge in [0.15, 0.2) is 5.76 Å². The molecule has 5 rings (SSSR count). The van der Waals surface area contributed by atoms with E-state index in [1.807, 2.05) is 60.7 Å². The molecule has 1 atom stereocenters. The number of carbonyl (C=O) groups is 2. The predicted molar refractivity (Wildman–Crippen MR) is 122 cm³/mol. The summed E-state index contributed by atoms with van der Waals surface area (Å²) in [5, 5.41) is 10.8. The first-order valence-corrected chi connectivity index (χ1v) is 10.8. The molecule has 1 saturated carbocycles. The summed E-state index contributed by atoms with van der Waals surface area (Å²) in [6.07, 6.45) is 2.41. The average molecular weight is 425 g/mol. The van der Waals surface area contributed by atoms with E-state index in [1.54, 1.807) is 18.2 Å². The Morgan fingerprint density at radius 1 is 0.969 bits per heavy atom. The van der Waals surface area contributed by atoms with Crippen molar-refractivity contribution in [2.75, 3.05) is 0 Å². The molecule has 0 bridgehead atoms. The van der Waals surface area contributed by atoms with Crippen LogP contribution < -0.4 is 10.6 Å². The van der Waals surface area contributed by atoms with Crippen LogP contribution in [0.3, 0.4) is 0 Å². The van der Waals surface area contributed by atoms with Gasteiger partial charge in [-0.2, -0.15) is 0 Å². The number of amides is 2. The van der Waals surface area contributed by atoms with Crippen LogP contribution in [0.25, 0.3) is 22.2 Å². The van der Waals surface area contributed by atoms with E-state index in [4.69, 9.17) is 4.52 Å². The quantitative estimate of drug-likeness (QED) is 0.467. The van der Waals surface area contributed by atoms with Crippen molar-refractivity contribution in [2.24, 2.45) is 0 Å². The van der Waals surface area contributed by atoms with Gasteiger partial charge in [-0.1, -0.05) is 65.8 Å². The highest BCUT2D eigenvalue weighted by molar-refractivity contribution is 6.02. The predicted octanol–water partition coefficient (Wildman–Crippen LogP) is 4.11. The molecule has 0 aliphatic heterocycles. The van der Waals surface area contributed by atoms with Gasteiger partial charge in [-0.05, 0) is 36.6 Å². The van der Waals surface area contributed by atoms with E-state index < -0.39 is 6.04 Å². The van der Waals surface area contributed by atoms with Crippen molar-refractivity contribution in [3.05, 3.63) is 90.0 Å². The van der Waals surface area contributed by atoms with Crippen LogP contribution in [0.5, 0.6) is 0 Å². The first-order valence-electron chi connectivity index (χ1n) is 10.8. The Kier molecular flexibility index (Phi) is 5.42. The van der Waals surface area contributed by atoms with Crippen molar-refractivity contribution in [1.82, 2.24) is 15.8 Å². The molecule has 0 spiro atoms. The molecule has 1 aliphatic rings. The lowest BCUT2D eigenvalue weighted by molar-refractivity contribution is -0.123. The minimum atomic E-state index is -0.655. The van der Waals surface area contributed by atoms with Gasteiger partial charge in [0.1, 0.15) is 11.6 Å². The normalized spacial score (nSPS) is 14.1. The van der Waals surface area contributed by atoms with Gasteiger partial charge >= 0.3 is 0 Å². The van der Waals surface area contributed by atoms with Crippen molar-refractivity contribution in [3.63, 3.8) is 0 Å². The van der Waals surface area contributed by atoms with Crippen LogP contribution in [0.1, 0.15) is 28.8 Å². The summed E-state index contributed by atoms with van der Waals surface area (Å²) in [6.45, 7) is 0. The summed E-state index contributed by atoms with van der Waals surface area (Å²) in [6, 6.07) is 24.1. The van der Waals surface area contributed by atoms with Crippen LogP contribution in [0.15, 0.2) is 83.4 Å². The maximum atomic E-state index is 13.1. The molecule has 4 aromatic rings. The summed E-state index contributed by atoms with van der Waals surface area (Å²) in [5.41, 5.74) is 3.01. The third-order valence-electron chi connectivity index (χ3n) is 5.60. The smallest absolute Gasteiger partial charge is 0.251 e. The lowest BCUT2D eigenvalue weighted by Gasteiger charge is -2.19. The van der Waals surface area contributed by atoms with Crippen LogP contribution in [0.2, 0.25) is 0 Å². The Morgan fingerprint density at radius 3 is 2.41 bits per heavy atom. The summed E-state index contributed by atoms with van der Waals surface area (Å²) in [7, 11) is 0. The third-order valence-corrected chi connectivity index (χ3v) is 5.60. The van der Waals surface area contributed by atoms with Crippen LogP contribution in [0.4, 0.5) is 0 Å². The number of aromatic nitrogens is 1. The molecule has 0 radical (unpaired) electrons. The van der Waals surface area contributed by atoms with Crippen LogP contribution in [-0.2, 0) is 11.2 Å². The fraction of sp³-hybridized carbons (Fsp3) is 0.192. The van der Waals surface area contributed by atoms with E-state index >= 15 is 0 Å². The second-order valence-corrected chi connectivity index (χ2v) is 8.11. The number of nitrogens with one attached hydrogen (secondary N) is 2. The van der Waals surface area contributed by atoms with E-state index in [9.17, 15) is 9.59 Å². The second-order valence-electron chi connectivity index (χ2n) is 8.11. The Bertz CT molecular complexity index is 1250. The number of nitrogens with zero attached hydrogens (tertiary/aromatic N) is 1. The van der Waals surface area contributed by atoms with Crippen molar-refractivity contribution in [2.45, 2.75) is 31.3 Å². The summed E-state index contributed by atoms with van der Waals surface area (Å²) in [4.78, 5) is 25.9. The largest absolute Gasteiger partial charge is 0.355 e. The van der Waals surface area contributed by atoms with Gasteiger partial charge in [0.25, 0.3) is 5.91 Å². The molecular weight excluding hydrogens is 402 g/mol. The zero-order chi connectivity index (χ0) is 21.9. The fourth-order valence-electron chi connectivity index (χ4n) is 3.71. The van der Waals surface area contributed by atoms with Gasteiger partial charge < -0.3 is 15.2 Å². The van der Waals surface area contributed by atoms with E-state index in [1.165, 1.54) is 0 Å². The van der Waals surface area contributed by atoms with Crippen molar-refractivity contribution in [1.29, 1.82) is 0 Å². The van der Waals surface area contributed by atoms with Crippen molar-refractivity contribution in [3.8, 4) is 11.3 Å². The average Bonchev–Trinajstić information content (AvgIpc) is 3.54. The highest BCUT2D eigenvalue weighted by Gasteiger charge is 2.29. The second kappa shape index (κ2) is 8.67. The molecule has 1 unspecified atom stereocenters. The Morgan fingerprint density at radius 2 is 1.69 bits per heavy atom. The van der Waals surface area contributed by atoms with E-state index in [-0.39, 0.29) is 17.9 Å². The molecule has 1 fully saturated rings. The van der Waals surface area contributed by atoms with Gasteiger partial charge in [0.05, 0.1) is 5.39 Å². The van der Waals surface area contributed by atoms with Gasteiger partial charge in [-0.25, -0.2) is 0 Å². The van der Waals surface area contributed by atoms with E-state index in [0.717, 1.165) is 29.4 Å². The molecule has 6 nitrogen and oxygen atoms in total. The lowest BCUT2D eigenvalue weighted by Crippen LogP contribution is -2.48. The fourth-order valence-corrected chi connectivity index (χ4v) is 3.71. The summed E-state index contributed by atoms with van der Waals surface area (Å²) < 4.78 is 5.54. The number of rotatable bonds is 7. The SMILES string of the molecule is O=C(NC(Cc1ccccc1)C(=O)NC1CC1)c1ccc2noc(-c3ccccc3)c2c1. The van der Waals surface area contributed by atoms with E-state index in [0.29, 0.717) is 23.3 Å². The van der Waals surface area contributed by atoms with Gasteiger partial charge in [0.2, 0.25) is 5.91 Å². The minimum Gasteiger partial charge on any atom is -0.355 e. The molecule has 1 heterocycles. The lowest BCUT2D eigenvalue weighted by atomic mass is 10.0. The van der Waals surface area contributed by atoms with Crippen molar-refractivity contribution < 1.29 is 14.1 Å². The number of carbonyl (C=O) groups excluding carboxylic acids is 2. The van der Waals surface area contributed by atoms with Crippen LogP contribution >= 0.6 is 0 Å². The zero-order valence-electron chi connectivity index (χ0n) is 17.5. The molecule has 1 aliphatic carbocycles. The molecule has 6 heteroatoms. The Balaban J connectivity index is 1.40. The molecule has 2 amide bonds. The summed E-state index contributed by atoms with van der Waals surface area (Å²) >= 11 is 0. The number of hydrogen-bond acceptors (Lipinski definition) is 4. The van der Waals surface area contributed by atoms with Crippen LogP contribution in [0, 0.1) is 0 Å². The number of hydrogen-bond donors (Lipinski definition) is 2. The van der Waals surface area contributed by atoms with Gasteiger partial charge in [0, 0.05) is 23.6 Å². The molecule has 160 valence electrons. The standard InChI is InChI=1S/C26H23N3O3/c30-25(28-23(26(31)27-20-12-13-20)15-17-7-3-1-4-8-17)19-11-14-22-21(16-19)24(32-29-22)18-9-5-2-6-10-18/h1-11,14,16,20,23H,12-13,15H2,(H,27,31)(H,28,30). The van der Waals surface area contributed by atoms with Gasteiger partial charge in [-0.15, -0.1) is 0 Å². The maximum Gasteiger partial charge on any atom is 0.251 e. The molecule has 1 aromatic heterocycles. The number of fused-ring (bicyclic) bond motifs is 1.